The zero-order chi connectivity index (χ0) is 15.6. The molecule has 3 nitrogen and oxygen atoms in total. The van der Waals surface area contributed by atoms with Crippen molar-refractivity contribution in [2.45, 2.75) is 57.7 Å². The van der Waals surface area contributed by atoms with Crippen molar-refractivity contribution in [1.82, 2.24) is 9.80 Å². The molecule has 5 heteroatoms. The van der Waals surface area contributed by atoms with Crippen LogP contribution < -0.4 is 0 Å². The summed E-state index contributed by atoms with van der Waals surface area (Å²) in [5.74, 6) is 0.909. The lowest BCUT2D eigenvalue weighted by molar-refractivity contribution is -0.134. The van der Waals surface area contributed by atoms with Crippen LogP contribution in [0.25, 0.3) is 0 Å². The van der Waals surface area contributed by atoms with Crippen LogP contribution in [-0.2, 0) is 4.79 Å². The molecule has 0 radical (unpaired) electrons. The zero-order valence-corrected chi connectivity index (χ0v) is 15.5. The van der Waals surface area contributed by atoms with Gasteiger partial charge in [0.1, 0.15) is 0 Å². The lowest BCUT2D eigenvalue weighted by Crippen LogP contribution is -2.49. The van der Waals surface area contributed by atoms with Crippen molar-refractivity contribution >= 4 is 28.4 Å². The Bertz CT molecular complexity index is 331. The van der Waals surface area contributed by atoms with Gasteiger partial charge in [0.2, 0.25) is 5.91 Å². The second kappa shape index (κ2) is 6.93. The van der Waals surface area contributed by atoms with Gasteiger partial charge < -0.3 is 4.90 Å². The van der Waals surface area contributed by atoms with E-state index in [0.717, 1.165) is 25.9 Å². The Hall–Kier alpha value is 0.130. The van der Waals surface area contributed by atoms with Gasteiger partial charge in [0.25, 0.3) is 0 Å². The Balaban J connectivity index is 2.48. The lowest BCUT2D eigenvalue weighted by atomic mass is 9.86. The van der Waals surface area contributed by atoms with Crippen LogP contribution in [0.5, 0.6) is 0 Å². The number of amides is 1. The average molecular weight is 319 g/mol. The third-order valence-electron chi connectivity index (χ3n) is 4.58. The first-order valence-electron chi connectivity index (χ1n) is 7.39. The topological polar surface area (TPSA) is 23.6 Å². The molecule has 1 fully saturated rings. The van der Waals surface area contributed by atoms with Gasteiger partial charge in [0, 0.05) is 23.4 Å². The number of nitrogens with zero attached hydrogens (tertiary/aromatic N) is 2. The zero-order valence-electron chi connectivity index (χ0n) is 13.8. The van der Waals surface area contributed by atoms with Crippen molar-refractivity contribution < 1.29 is 4.79 Å². The van der Waals surface area contributed by atoms with E-state index in [4.69, 9.17) is 0 Å². The summed E-state index contributed by atoms with van der Waals surface area (Å²) in [5, 5.41) is 0. The molecule has 1 aliphatic heterocycles. The van der Waals surface area contributed by atoms with Crippen LogP contribution in [0.2, 0.25) is 0 Å². The fourth-order valence-corrected chi connectivity index (χ4v) is 3.27. The smallest absolute Gasteiger partial charge is 0.236 e. The maximum absolute atomic E-state index is 12.3. The molecule has 0 spiro atoms. The Morgan fingerprint density at radius 3 is 2.15 bits per heavy atom. The summed E-state index contributed by atoms with van der Waals surface area (Å²) in [6, 6.07) is 0. The third-order valence-corrected chi connectivity index (χ3v) is 6.80. The monoisotopic (exact) mass is 318 g/mol. The second-order valence-corrected chi connectivity index (χ2v) is 9.16. The van der Waals surface area contributed by atoms with E-state index in [1.54, 1.807) is 10.8 Å². The molecule has 1 aliphatic rings. The van der Waals surface area contributed by atoms with Gasteiger partial charge >= 0.3 is 0 Å². The van der Waals surface area contributed by atoms with Crippen LogP contribution >= 0.6 is 22.5 Å². The van der Waals surface area contributed by atoms with Crippen LogP contribution in [0.3, 0.4) is 0 Å². The fraction of sp³-hybridized carbons (Fsp3) is 0.933. The standard InChI is InChI=1S/C15H30N2OS2/c1-14(2,3)16(6)11-13(18)17-9-7-12(8-10-17)15(4,5)20-19/h12,19H,7-11H2,1-6H3. The van der Waals surface area contributed by atoms with E-state index in [-0.39, 0.29) is 16.2 Å². The van der Waals surface area contributed by atoms with E-state index in [1.807, 2.05) is 11.9 Å². The Labute approximate surface area is 133 Å². The van der Waals surface area contributed by atoms with Crippen LogP contribution in [0, 0.1) is 5.92 Å². The number of hydrogen-bond donors (Lipinski definition) is 1. The van der Waals surface area contributed by atoms with Crippen molar-refractivity contribution in [1.29, 1.82) is 0 Å². The van der Waals surface area contributed by atoms with Gasteiger partial charge in [0.15, 0.2) is 0 Å². The molecule has 20 heavy (non-hydrogen) atoms. The second-order valence-electron chi connectivity index (χ2n) is 7.38. The molecular weight excluding hydrogens is 288 g/mol. The molecule has 0 atom stereocenters. The molecule has 0 aromatic carbocycles. The first-order chi connectivity index (χ1) is 9.08. The first kappa shape index (κ1) is 18.2. The molecule has 0 bridgehead atoms. The maximum atomic E-state index is 12.3. The Morgan fingerprint density at radius 1 is 1.25 bits per heavy atom. The van der Waals surface area contributed by atoms with Gasteiger partial charge in [-0.2, -0.15) is 0 Å². The highest BCUT2D eigenvalue weighted by atomic mass is 33.1. The molecule has 0 aromatic rings. The predicted octanol–water partition coefficient (Wildman–Crippen LogP) is 3.31. The van der Waals surface area contributed by atoms with Crippen molar-refractivity contribution in [3.05, 3.63) is 0 Å². The summed E-state index contributed by atoms with van der Waals surface area (Å²) < 4.78 is 0.195. The Morgan fingerprint density at radius 2 is 1.75 bits per heavy atom. The summed E-state index contributed by atoms with van der Waals surface area (Å²) in [4.78, 5) is 16.5. The molecule has 1 amide bonds. The van der Waals surface area contributed by atoms with E-state index in [0.29, 0.717) is 12.5 Å². The molecule has 0 aliphatic carbocycles. The molecular formula is C15H30N2OS2. The molecule has 0 saturated carbocycles. The third kappa shape index (κ3) is 4.85. The SMILES string of the molecule is CN(CC(=O)N1CCC(C(C)(C)SS)CC1)C(C)(C)C. The number of likely N-dealkylation sites (N-methyl/N-ethyl adjacent to an activating group) is 1. The first-order valence-corrected chi connectivity index (χ1v) is 9.26. The number of piperidine rings is 1. The van der Waals surface area contributed by atoms with Gasteiger partial charge in [-0.15, -0.1) is 11.7 Å². The van der Waals surface area contributed by atoms with E-state index in [1.165, 1.54) is 0 Å². The summed E-state index contributed by atoms with van der Waals surface area (Å²) in [6.45, 7) is 13.2. The highest BCUT2D eigenvalue weighted by molar-refractivity contribution is 8.69. The van der Waals surface area contributed by atoms with Gasteiger partial charge in [-0.1, -0.05) is 10.8 Å². The maximum Gasteiger partial charge on any atom is 0.236 e. The number of likely N-dealkylation sites (tertiary alicyclic amines) is 1. The number of hydrogen-bond acceptors (Lipinski definition) is 4. The van der Waals surface area contributed by atoms with Crippen molar-refractivity contribution in [2.24, 2.45) is 5.92 Å². The van der Waals surface area contributed by atoms with E-state index in [2.05, 4.69) is 51.2 Å². The Kier molecular flexibility index (Phi) is 6.30. The molecule has 0 unspecified atom stereocenters. The molecule has 1 rings (SSSR count). The summed E-state index contributed by atoms with van der Waals surface area (Å²) in [6.07, 6.45) is 2.18. The molecule has 0 aromatic heterocycles. The van der Waals surface area contributed by atoms with E-state index < -0.39 is 0 Å². The lowest BCUT2D eigenvalue weighted by Gasteiger charge is -2.40. The van der Waals surface area contributed by atoms with E-state index >= 15 is 0 Å². The highest BCUT2D eigenvalue weighted by Gasteiger charge is 2.34. The summed E-state index contributed by atoms with van der Waals surface area (Å²) >= 11 is 4.38. The van der Waals surface area contributed by atoms with Crippen molar-refractivity contribution in [3.8, 4) is 0 Å². The van der Waals surface area contributed by atoms with Gasteiger partial charge in [-0.05, 0) is 60.4 Å². The summed E-state index contributed by atoms with van der Waals surface area (Å²) in [5.41, 5.74) is 0.0403. The fourth-order valence-electron chi connectivity index (χ4n) is 2.44. The van der Waals surface area contributed by atoms with Gasteiger partial charge in [-0.3, -0.25) is 9.69 Å². The van der Waals surface area contributed by atoms with Gasteiger partial charge in [-0.25, -0.2) is 0 Å². The molecule has 118 valence electrons. The van der Waals surface area contributed by atoms with E-state index in [9.17, 15) is 4.79 Å². The van der Waals surface area contributed by atoms with Gasteiger partial charge in [0.05, 0.1) is 6.54 Å². The number of rotatable bonds is 4. The predicted molar refractivity (Wildman–Crippen MR) is 92.3 cm³/mol. The molecule has 1 saturated heterocycles. The van der Waals surface area contributed by atoms with Crippen LogP contribution in [0.4, 0.5) is 0 Å². The minimum absolute atomic E-state index is 0.0403. The number of thiol groups is 1. The summed E-state index contributed by atoms with van der Waals surface area (Å²) in [7, 11) is 3.66. The minimum atomic E-state index is 0.0403. The normalized spacial score (nSPS) is 18.7. The average Bonchev–Trinajstić information content (AvgIpc) is 2.37. The molecule has 1 heterocycles. The largest absolute Gasteiger partial charge is 0.342 e. The van der Waals surface area contributed by atoms with Crippen molar-refractivity contribution in [2.75, 3.05) is 26.7 Å². The van der Waals surface area contributed by atoms with Crippen molar-refractivity contribution in [3.63, 3.8) is 0 Å². The number of carbonyl (C=O) groups is 1. The quantitative estimate of drug-likeness (QED) is 0.635. The van der Waals surface area contributed by atoms with Crippen LogP contribution in [0.1, 0.15) is 47.5 Å². The highest BCUT2D eigenvalue weighted by Crippen LogP contribution is 2.40. The minimum Gasteiger partial charge on any atom is -0.342 e. The van der Waals surface area contributed by atoms with Crippen LogP contribution in [-0.4, -0.2) is 52.7 Å². The molecule has 0 N–H and O–H groups in total. The van der Waals surface area contributed by atoms with Crippen LogP contribution in [0.15, 0.2) is 0 Å². The number of carbonyl (C=O) groups excluding carboxylic acids is 1.